The summed E-state index contributed by atoms with van der Waals surface area (Å²) in [6.07, 6.45) is 0.859. The van der Waals surface area contributed by atoms with Crippen molar-refractivity contribution >= 4 is 15.5 Å². The van der Waals surface area contributed by atoms with Gasteiger partial charge in [-0.3, -0.25) is 0 Å². The maximum absolute atomic E-state index is 11.9. The van der Waals surface area contributed by atoms with Crippen LogP contribution in [0.3, 0.4) is 0 Å². The van der Waals surface area contributed by atoms with Gasteiger partial charge in [-0.25, -0.2) is 8.42 Å². The van der Waals surface area contributed by atoms with Gasteiger partial charge in [0.25, 0.3) is 0 Å². The van der Waals surface area contributed by atoms with Crippen molar-refractivity contribution in [2.45, 2.75) is 31.2 Å². The van der Waals surface area contributed by atoms with Crippen LogP contribution in [0.1, 0.15) is 19.4 Å². The van der Waals surface area contributed by atoms with E-state index in [9.17, 15) is 8.42 Å². The molecule has 0 aliphatic carbocycles. The molecule has 0 spiro atoms. The summed E-state index contributed by atoms with van der Waals surface area (Å²) in [5.41, 5.74) is 1.81. The molecule has 3 nitrogen and oxygen atoms in total. The molecule has 1 atom stereocenters. The molecular weight excluding hydrogens is 210 g/mol. The van der Waals surface area contributed by atoms with E-state index in [1.807, 2.05) is 26.0 Å². The number of benzene rings is 1. The molecule has 15 heavy (non-hydrogen) atoms. The Morgan fingerprint density at radius 1 is 1.47 bits per heavy atom. The third kappa shape index (κ3) is 1.86. The highest BCUT2D eigenvalue weighted by Crippen LogP contribution is 2.29. The first-order valence-electron chi connectivity index (χ1n) is 5.15. The van der Waals surface area contributed by atoms with Crippen molar-refractivity contribution in [3.63, 3.8) is 0 Å². The van der Waals surface area contributed by atoms with Gasteiger partial charge >= 0.3 is 0 Å². The third-order valence-corrected chi connectivity index (χ3v) is 4.61. The Bertz CT molecular complexity index is 479. The standard InChI is InChI=1S/C11H15NO2S/c1-3-9-4-5-10-11(6-9)15(13,14)7-8(2)12-10/h4-6,8,12H,3,7H2,1-2H3. The lowest BCUT2D eigenvalue weighted by Crippen LogP contribution is -2.31. The van der Waals surface area contributed by atoms with Crippen molar-refractivity contribution in [1.29, 1.82) is 0 Å². The van der Waals surface area contributed by atoms with Gasteiger partial charge in [-0.2, -0.15) is 0 Å². The van der Waals surface area contributed by atoms with Gasteiger partial charge in [-0.05, 0) is 31.0 Å². The maximum atomic E-state index is 11.9. The monoisotopic (exact) mass is 225 g/mol. The van der Waals surface area contributed by atoms with Crippen LogP contribution in [-0.4, -0.2) is 20.2 Å². The first kappa shape index (κ1) is 10.5. The largest absolute Gasteiger partial charge is 0.380 e. The molecule has 82 valence electrons. The van der Waals surface area contributed by atoms with E-state index in [4.69, 9.17) is 0 Å². The summed E-state index contributed by atoms with van der Waals surface area (Å²) < 4.78 is 23.8. The smallest absolute Gasteiger partial charge is 0.182 e. The molecule has 1 aliphatic heterocycles. The molecule has 0 bridgehead atoms. The lowest BCUT2D eigenvalue weighted by Gasteiger charge is -2.24. The number of nitrogens with one attached hydrogen (secondary N) is 1. The predicted molar refractivity (Wildman–Crippen MR) is 61.0 cm³/mol. The van der Waals surface area contributed by atoms with Crippen molar-refractivity contribution in [3.8, 4) is 0 Å². The average molecular weight is 225 g/mol. The van der Waals surface area contributed by atoms with Crippen LogP contribution in [0.15, 0.2) is 23.1 Å². The van der Waals surface area contributed by atoms with E-state index in [2.05, 4.69) is 5.32 Å². The van der Waals surface area contributed by atoms with Crippen LogP contribution in [0, 0.1) is 0 Å². The summed E-state index contributed by atoms with van der Waals surface area (Å²) >= 11 is 0. The molecule has 1 aliphatic rings. The Labute approximate surface area is 90.4 Å². The normalized spacial score (nSPS) is 22.9. The summed E-state index contributed by atoms with van der Waals surface area (Å²) in [5, 5.41) is 3.19. The second-order valence-corrected chi connectivity index (χ2v) is 6.01. The van der Waals surface area contributed by atoms with Gasteiger partial charge in [-0.15, -0.1) is 0 Å². The summed E-state index contributed by atoms with van der Waals surface area (Å²) in [6, 6.07) is 5.61. The van der Waals surface area contributed by atoms with Crippen LogP contribution < -0.4 is 5.32 Å². The number of rotatable bonds is 1. The third-order valence-electron chi connectivity index (χ3n) is 2.66. The Morgan fingerprint density at radius 3 is 2.87 bits per heavy atom. The van der Waals surface area contributed by atoms with Gasteiger partial charge in [0.1, 0.15) is 0 Å². The van der Waals surface area contributed by atoms with Crippen LogP contribution in [-0.2, 0) is 16.3 Å². The highest BCUT2D eigenvalue weighted by atomic mass is 32.2. The number of anilines is 1. The van der Waals surface area contributed by atoms with Crippen LogP contribution in [0.4, 0.5) is 5.69 Å². The van der Waals surface area contributed by atoms with Crippen molar-refractivity contribution < 1.29 is 8.42 Å². The molecule has 0 fully saturated rings. The van der Waals surface area contributed by atoms with E-state index < -0.39 is 9.84 Å². The Hall–Kier alpha value is -1.03. The van der Waals surface area contributed by atoms with E-state index in [1.165, 1.54) is 0 Å². The molecule has 1 aromatic carbocycles. The zero-order valence-electron chi connectivity index (χ0n) is 8.95. The number of sulfone groups is 1. The Balaban J connectivity index is 2.59. The molecule has 0 saturated carbocycles. The van der Waals surface area contributed by atoms with E-state index in [-0.39, 0.29) is 11.8 Å². The molecular formula is C11H15NO2S. The van der Waals surface area contributed by atoms with Crippen molar-refractivity contribution in [2.75, 3.05) is 11.1 Å². The SMILES string of the molecule is CCc1ccc2c(c1)S(=O)(=O)CC(C)N2. The van der Waals surface area contributed by atoms with Gasteiger partial charge in [0, 0.05) is 6.04 Å². The fourth-order valence-corrected chi connectivity index (χ4v) is 3.60. The maximum Gasteiger partial charge on any atom is 0.182 e. The Kier molecular flexibility index (Phi) is 2.46. The van der Waals surface area contributed by atoms with Crippen LogP contribution in [0.5, 0.6) is 0 Å². The summed E-state index contributed by atoms with van der Waals surface area (Å²) in [7, 11) is -3.09. The second-order valence-electron chi connectivity index (χ2n) is 4.01. The van der Waals surface area contributed by atoms with Crippen LogP contribution in [0.25, 0.3) is 0 Å². The highest BCUT2D eigenvalue weighted by Gasteiger charge is 2.27. The summed E-state index contributed by atoms with van der Waals surface area (Å²) in [4.78, 5) is 0.458. The Morgan fingerprint density at radius 2 is 2.20 bits per heavy atom. The minimum atomic E-state index is -3.09. The van der Waals surface area contributed by atoms with Crippen molar-refractivity contribution in [3.05, 3.63) is 23.8 Å². The molecule has 1 aromatic rings. The lowest BCUT2D eigenvalue weighted by atomic mass is 10.1. The van der Waals surface area contributed by atoms with Gasteiger partial charge in [0.15, 0.2) is 9.84 Å². The van der Waals surface area contributed by atoms with Gasteiger partial charge in [0.2, 0.25) is 0 Å². The number of fused-ring (bicyclic) bond motifs is 1. The van der Waals surface area contributed by atoms with Crippen LogP contribution in [0.2, 0.25) is 0 Å². The average Bonchev–Trinajstić information content (AvgIpc) is 2.16. The molecule has 1 N–H and O–H groups in total. The number of hydrogen-bond acceptors (Lipinski definition) is 3. The zero-order chi connectivity index (χ0) is 11.1. The fraction of sp³-hybridized carbons (Fsp3) is 0.455. The van der Waals surface area contributed by atoms with Crippen molar-refractivity contribution in [2.24, 2.45) is 0 Å². The van der Waals surface area contributed by atoms with E-state index in [0.717, 1.165) is 17.7 Å². The second kappa shape index (κ2) is 3.52. The first-order valence-corrected chi connectivity index (χ1v) is 6.80. The fourth-order valence-electron chi connectivity index (χ4n) is 1.89. The molecule has 1 unspecified atom stereocenters. The van der Waals surface area contributed by atoms with Gasteiger partial charge < -0.3 is 5.32 Å². The molecule has 0 saturated heterocycles. The number of hydrogen-bond donors (Lipinski definition) is 1. The van der Waals surface area contributed by atoms with Crippen molar-refractivity contribution in [1.82, 2.24) is 0 Å². The molecule has 4 heteroatoms. The molecule has 0 amide bonds. The number of aryl methyl sites for hydroxylation is 1. The van der Waals surface area contributed by atoms with E-state index >= 15 is 0 Å². The van der Waals surface area contributed by atoms with Gasteiger partial charge in [-0.1, -0.05) is 13.0 Å². The quantitative estimate of drug-likeness (QED) is 0.793. The summed E-state index contributed by atoms with van der Waals surface area (Å²) in [5.74, 6) is 0.188. The van der Waals surface area contributed by atoms with Crippen LogP contribution >= 0.6 is 0 Å². The summed E-state index contributed by atoms with van der Waals surface area (Å²) in [6.45, 7) is 3.90. The minimum Gasteiger partial charge on any atom is -0.380 e. The first-order chi connectivity index (χ1) is 7.03. The molecule has 2 rings (SSSR count). The zero-order valence-corrected chi connectivity index (χ0v) is 9.76. The topological polar surface area (TPSA) is 46.2 Å². The molecule has 0 aromatic heterocycles. The van der Waals surface area contributed by atoms with E-state index in [1.54, 1.807) is 6.07 Å². The van der Waals surface area contributed by atoms with Gasteiger partial charge in [0.05, 0.1) is 16.3 Å². The molecule has 1 heterocycles. The highest BCUT2D eigenvalue weighted by molar-refractivity contribution is 7.91. The lowest BCUT2D eigenvalue weighted by molar-refractivity contribution is 0.588. The minimum absolute atomic E-state index is 0.00465. The van der Waals surface area contributed by atoms with E-state index in [0.29, 0.717) is 4.90 Å². The molecule has 0 radical (unpaired) electrons. The predicted octanol–water partition coefficient (Wildman–Crippen LogP) is 1.84.